The quantitative estimate of drug-likeness (QED) is 0.268. The molecule has 6 N–H and O–H groups in total. The number of para-hydroxylation sites is 1. The number of hydrogen-bond acceptors (Lipinski definition) is 6. The third-order valence-electron chi connectivity index (χ3n) is 4.71. The summed E-state index contributed by atoms with van der Waals surface area (Å²) in [4.78, 5) is 19.9. The van der Waals surface area contributed by atoms with Crippen molar-refractivity contribution in [2.75, 3.05) is 5.73 Å². The van der Waals surface area contributed by atoms with Gasteiger partial charge in [-0.25, -0.2) is 9.78 Å². The van der Waals surface area contributed by atoms with E-state index in [9.17, 15) is 9.90 Å². The lowest BCUT2D eigenvalue weighted by molar-refractivity contribution is 0.0696. The monoisotopic (exact) mass is 425 g/mol. The van der Waals surface area contributed by atoms with Crippen molar-refractivity contribution in [3.8, 4) is 34.0 Å². The molecule has 8 nitrogen and oxygen atoms in total. The average molecular weight is 425 g/mol. The lowest BCUT2D eigenvalue weighted by Gasteiger charge is -2.14. The number of nitrogens with one attached hydrogen (secondary N) is 1. The van der Waals surface area contributed by atoms with Gasteiger partial charge in [-0.15, -0.1) is 0 Å². The highest BCUT2D eigenvalue weighted by molar-refractivity contribution is 6.06. The zero-order valence-corrected chi connectivity index (χ0v) is 16.8. The standard InChI is InChI=1S/C24H19N5O3/c25-19-11-20(15-10-16(24(30)31)13-28-12-15)29-22(21(19)23(26)27)14-6-8-18(9-7-14)32-17-4-2-1-3-5-17/h1-13H,(H2,25,29)(H3,26,27)(H,30,31). The highest BCUT2D eigenvalue weighted by Gasteiger charge is 2.17. The van der Waals surface area contributed by atoms with E-state index < -0.39 is 5.97 Å². The first-order valence-electron chi connectivity index (χ1n) is 9.59. The highest BCUT2D eigenvalue weighted by Crippen LogP contribution is 2.32. The maximum Gasteiger partial charge on any atom is 0.337 e. The molecule has 0 saturated carbocycles. The number of aromatic nitrogens is 2. The zero-order valence-electron chi connectivity index (χ0n) is 16.8. The molecule has 0 atom stereocenters. The molecule has 158 valence electrons. The molecule has 0 aliphatic heterocycles. The first-order valence-corrected chi connectivity index (χ1v) is 9.59. The van der Waals surface area contributed by atoms with Crippen LogP contribution in [0, 0.1) is 5.41 Å². The van der Waals surface area contributed by atoms with Crippen LogP contribution < -0.4 is 16.2 Å². The number of pyridine rings is 2. The van der Waals surface area contributed by atoms with Gasteiger partial charge in [-0.05, 0) is 48.5 Å². The van der Waals surface area contributed by atoms with E-state index in [0.717, 1.165) is 0 Å². The third-order valence-corrected chi connectivity index (χ3v) is 4.71. The molecule has 0 unspecified atom stereocenters. The second-order valence-corrected chi connectivity index (χ2v) is 6.94. The third kappa shape index (κ3) is 4.24. The second-order valence-electron chi connectivity index (χ2n) is 6.94. The smallest absolute Gasteiger partial charge is 0.337 e. The average Bonchev–Trinajstić information content (AvgIpc) is 2.79. The number of carboxylic acids is 1. The molecule has 4 aromatic rings. The van der Waals surface area contributed by atoms with Crippen LogP contribution in [0.1, 0.15) is 15.9 Å². The summed E-state index contributed by atoms with van der Waals surface area (Å²) in [5.41, 5.74) is 14.6. The lowest BCUT2D eigenvalue weighted by Crippen LogP contribution is -2.16. The molecule has 0 bridgehead atoms. The van der Waals surface area contributed by atoms with E-state index in [1.165, 1.54) is 18.5 Å². The molecule has 0 aliphatic rings. The van der Waals surface area contributed by atoms with Crippen molar-refractivity contribution in [2.24, 2.45) is 5.73 Å². The van der Waals surface area contributed by atoms with Gasteiger partial charge in [0.05, 0.1) is 22.5 Å². The molecule has 0 radical (unpaired) electrons. The molecular weight excluding hydrogens is 406 g/mol. The second kappa shape index (κ2) is 8.57. The Morgan fingerprint density at radius 1 is 0.938 bits per heavy atom. The van der Waals surface area contributed by atoms with Gasteiger partial charge < -0.3 is 21.3 Å². The van der Waals surface area contributed by atoms with Crippen molar-refractivity contribution in [1.82, 2.24) is 9.97 Å². The van der Waals surface area contributed by atoms with Crippen LogP contribution in [0.2, 0.25) is 0 Å². The van der Waals surface area contributed by atoms with Gasteiger partial charge in [0.2, 0.25) is 0 Å². The van der Waals surface area contributed by atoms with Crippen LogP contribution >= 0.6 is 0 Å². The Labute approximate surface area is 183 Å². The number of nitrogens with zero attached hydrogens (tertiary/aromatic N) is 2. The number of carboxylic acid groups (broad SMARTS) is 1. The topological polar surface area (TPSA) is 148 Å². The number of nitrogens with two attached hydrogens (primary N) is 2. The van der Waals surface area contributed by atoms with Gasteiger partial charge in [0, 0.05) is 29.2 Å². The lowest BCUT2D eigenvalue weighted by atomic mass is 10.0. The van der Waals surface area contributed by atoms with Crippen LogP contribution in [0.4, 0.5) is 5.69 Å². The van der Waals surface area contributed by atoms with Crippen LogP contribution in [-0.2, 0) is 0 Å². The summed E-state index contributed by atoms with van der Waals surface area (Å²) >= 11 is 0. The molecule has 2 heterocycles. The van der Waals surface area contributed by atoms with E-state index >= 15 is 0 Å². The van der Waals surface area contributed by atoms with Gasteiger partial charge in [-0.1, -0.05) is 18.2 Å². The predicted molar refractivity (Wildman–Crippen MR) is 122 cm³/mol. The number of anilines is 1. The molecular formula is C24H19N5O3. The van der Waals surface area contributed by atoms with Crippen molar-refractivity contribution in [2.45, 2.75) is 0 Å². The maximum atomic E-state index is 11.3. The van der Waals surface area contributed by atoms with Crippen LogP contribution in [0.15, 0.2) is 79.1 Å². The molecule has 0 spiro atoms. The predicted octanol–water partition coefficient (Wildman–Crippen LogP) is 4.17. The van der Waals surface area contributed by atoms with Gasteiger partial charge in [-0.3, -0.25) is 10.4 Å². The number of ether oxygens (including phenoxy) is 1. The maximum absolute atomic E-state index is 11.3. The van der Waals surface area contributed by atoms with Crippen molar-refractivity contribution in [1.29, 1.82) is 5.41 Å². The number of amidine groups is 1. The molecule has 0 aliphatic carbocycles. The Hall–Kier alpha value is -4.72. The van der Waals surface area contributed by atoms with Crippen molar-refractivity contribution >= 4 is 17.5 Å². The minimum absolute atomic E-state index is 0.0301. The van der Waals surface area contributed by atoms with Gasteiger partial charge >= 0.3 is 5.97 Å². The Morgan fingerprint density at radius 3 is 2.28 bits per heavy atom. The molecule has 0 fully saturated rings. The number of hydrogen-bond donors (Lipinski definition) is 4. The van der Waals surface area contributed by atoms with Crippen LogP contribution in [0.5, 0.6) is 11.5 Å². The van der Waals surface area contributed by atoms with E-state index in [2.05, 4.69) is 9.97 Å². The number of aromatic carboxylic acids is 1. The Kier molecular flexibility index (Phi) is 5.50. The molecule has 4 rings (SSSR count). The van der Waals surface area contributed by atoms with E-state index in [1.807, 2.05) is 30.3 Å². The summed E-state index contributed by atoms with van der Waals surface area (Å²) in [6.07, 6.45) is 2.76. The molecule has 0 saturated heterocycles. The number of rotatable bonds is 6. The minimum atomic E-state index is -1.10. The van der Waals surface area contributed by atoms with E-state index in [-0.39, 0.29) is 17.1 Å². The summed E-state index contributed by atoms with van der Waals surface area (Å²) < 4.78 is 5.82. The molecule has 8 heteroatoms. The summed E-state index contributed by atoms with van der Waals surface area (Å²) in [7, 11) is 0. The van der Waals surface area contributed by atoms with Crippen molar-refractivity contribution in [3.05, 3.63) is 90.3 Å². The van der Waals surface area contributed by atoms with Crippen LogP contribution in [0.3, 0.4) is 0 Å². The van der Waals surface area contributed by atoms with Crippen LogP contribution in [0.25, 0.3) is 22.5 Å². The van der Waals surface area contributed by atoms with E-state index in [4.69, 9.17) is 21.6 Å². The molecule has 0 amide bonds. The molecule has 2 aromatic heterocycles. The Morgan fingerprint density at radius 2 is 1.62 bits per heavy atom. The summed E-state index contributed by atoms with van der Waals surface area (Å²) in [6.45, 7) is 0. The van der Waals surface area contributed by atoms with Crippen molar-refractivity contribution in [3.63, 3.8) is 0 Å². The minimum Gasteiger partial charge on any atom is -0.478 e. The summed E-state index contributed by atoms with van der Waals surface area (Å²) in [6, 6.07) is 19.5. The van der Waals surface area contributed by atoms with Gasteiger partial charge in [-0.2, -0.15) is 0 Å². The van der Waals surface area contributed by atoms with E-state index in [1.54, 1.807) is 30.3 Å². The number of nitrogen functional groups attached to an aromatic ring is 2. The summed E-state index contributed by atoms with van der Waals surface area (Å²) in [5.74, 6) is 0.0205. The fourth-order valence-electron chi connectivity index (χ4n) is 3.21. The fraction of sp³-hybridized carbons (Fsp3) is 0. The first-order chi connectivity index (χ1) is 15.4. The first kappa shape index (κ1) is 20.5. The largest absolute Gasteiger partial charge is 0.478 e. The SMILES string of the molecule is N=C(N)c1c(N)cc(-c2cncc(C(=O)O)c2)nc1-c1ccc(Oc2ccccc2)cc1. The number of benzene rings is 2. The zero-order chi connectivity index (χ0) is 22.7. The van der Waals surface area contributed by atoms with Gasteiger partial charge in [0.25, 0.3) is 0 Å². The number of carbonyl (C=O) groups is 1. The van der Waals surface area contributed by atoms with Crippen molar-refractivity contribution < 1.29 is 14.6 Å². The molecule has 2 aromatic carbocycles. The van der Waals surface area contributed by atoms with E-state index in [0.29, 0.717) is 39.6 Å². The highest BCUT2D eigenvalue weighted by atomic mass is 16.5. The summed E-state index contributed by atoms with van der Waals surface area (Å²) in [5, 5.41) is 17.2. The normalized spacial score (nSPS) is 10.5. The molecule has 32 heavy (non-hydrogen) atoms. The van der Waals surface area contributed by atoms with Gasteiger partial charge in [0.1, 0.15) is 17.3 Å². The Balaban J connectivity index is 1.76. The van der Waals surface area contributed by atoms with Gasteiger partial charge in [0.15, 0.2) is 0 Å². The fourth-order valence-corrected chi connectivity index (χ4v) is 3.21. The Bertz CT molecular complexity index is 1310. The van der Waals surface area contributed by atoms with Crippen LogP contribution in [-0.4, -0.2) is 26.9 Å².